The van der Waals surface area contributed by atoms with Crippen molar-refractivity contribution in [1.29, 1.82) is 0 Å². The van der Waals surface area contributed by atoms with E-state index < -0.39 is 0 Å². The second-order valence-corrected chi connectivity index (χ2v) is 6.14. The van der Waals surface area contributed by atoms with Gasteiger partial charge in [-0.1, -0.05) is 36.5 Å². The van der Waals surface area contributed by atoms with Gasteiger partial charge in [0.2, 0.25) is 0 Å². The first-order valence-corrected chi connectivity index (χ1v) is 7.82. The molecule has 1 saturated heterocycles. The highest BCUT2D eigenvalue weighted by Crippen LogP contribution is 2.30. The molecule has 1 aliphatic rings. The lowest BCUT2D eigenvalue weighted by atomic mass is 9.98. The summed E-state index contributed by atoms with van der Waals surface area (Å²) in [5.41, 5.74) is 6.65. The molecule has 1 aliphatic heterocycles. The van der Waals surface area contributed by atoms with Crippen molar-refractivity contribution >= 4 is 34.8 Å². The Morgan fingerprint density at radius 1 is 1.35 bits per heavy atom. The molecule has 0 spiro atoms. The van der Waals surface area contributed by atoms with Gasteiger partial charge in [-0.15, -0.1) is 0 Å². The minimum atomic E-state index is -0.00739. The number of carbonyl (C=O) groups excluding carboxylic acids is 1. The standard InChI is InChI=1S/C15H20Cl2N2O/c1-2-10-4-3-6-19(7-5-10)15(20)11-8-12(16)14(17)13(18)9-11/h8-10H,2-7,18H2,1H3. The normalized spacial score (nSPS) is 19.8. The van der Waals surface area contributed by atoms with Gasteiger partial charge in [0.15, 0.2) is 0 Å². The van der Waals surface area contributed by atoms with Gasteiger partial charge in [0.05, 0.1) is 15.7 Å². The average Bonchev–Trinajstić information content (AvgIpc) is 2.68. The quantitative estimate of drug-likeness (QED) is 0.830. The molecule has 3 nitrogen and oxygen atoms in total. The van der Waals surface area contributed by atoms with E-state index in [0.717, 1.165) is 31.8 Å². The van der Waals surface area contributed by atoms with Crippen LogP contribution in [-0.2, 0) is 0 Å². The van der Waals surface area contributed by atoms with Crippen LogP contribution in [0.5, 0.6) is 0 Å². The second-order valence-electron chi connectivity index (χ2n) is 5.36. The Balaban J connectivity index is 2.15. The van der Waals surface area contributed by atoms with Crippen LogP contribution in [0.25, 0.3) is 0 Å². The van der Waals surface area contributed by atoms with Gasteiger partial charge >= 0.3 is 0 Å². The molecule has 2 rings (SSSR count). The molecule has 1 atom stereocenters. The van der Waals surface area contributed by atoms with Gasteiger partial charge in [-0.05, 0) is 37.3 Å². The van der Waals surface area contributed by atoms with Crippen molar-refractivity contribution in [2.45, 2.75) is 32.6 Å². The minimum absolute atomic E-state index is 0.00739. The zero-order valence-electron chi connectivity index (χ0n) is 11.7. The number of rotatable bonds is 2. The monoisotopic (exact) mass is 314 g/mol. The summed E-state index contributed by atoms with van der Waals surface area (Å²) in [6.45, 7) is 3.81. The third kappa shape index (κ3) is 3.39. The Labute approximate surface area is 130 Å². The predicted molar refractivity (Wildman–Crippen MR) is 84.4 cm³/mol. The Morgan fingerprint density at radius 3 is 2.75 bits per heavy atom. The zero-order chi connectivity index (χ0) is 14.7. The van der Waals surface area contributed by atoms with Crippen LogP contribution in [0.2, 0.25) is 10.0 Å². The van der Waals surface area contributed by atoms with Crippen LogP contribution in [0.1, 0.15) is 43.0 Å². The maximum Gasteiger partial charge on any atom is 0.253 e. The maximum atomic E-state index is 12.5. The molecule has 1 heterocycles. The van der Waals surface area contributed by atoms with Crippen molar-refractivity contribution in [3.05, 3.63) is 27.7 Å². The first-order chi connectivity index (χ1) is 9.52. The fourth-order valence-electron chi connectivity index (χ4n) is 2.69. The SMILES string of the molecule is CCC1CCCN(C(=O)c2cc(N)c(Cl)c(Cl)c2)CC1. The third-order valence-corrected chi connectivity index (χ3v) is 4.83. The zero-order valence-corrected chi connectivity index (χ0v) is 13.2. The van der Waals surface area contributed by atoms with Crippen LogP contribution >= 0.6 is 23.2 Å². The number of nitrogens with zero attached hydrogens (tertiary/aromatic N) is 1. The number of nitrogen functional groups attached to an aromatic ring is 1. The molecule has 110 valence electrons. The van der Waals surface area contributed by atoms with Gasteiger partial charge in [-0.25, -0.2) is 0 Å². The molecule has 1 amide bonds. The fraction of sp³-hybridized carbons (Fsp3) is 0.533. The van der Waals surface area contributed by atoms with E-state index in [1.54, 1.807) is 12.1 Å². The highest BCUT2D eigenvalue weighted by Gasteiger charge is 2.21. The van der Waals surface area contributed by atoms with Crippen LogP contribution in [0.4, 0.5) is 5.69 Å². The number of carbonyl (C=O) groups is 1. The molecule has 1 aromatic carbocycles. The van der Waals surface area contributed by atoms with E-state index >= 15 is 0 Å². The number of benzene rings is 1. The van der Waals surface area contributed by atoms with Gasteiger partial charge in [-0.3, -0.25) is 4.79 Å². The lowest BCUT2D eigenvalue weighted by molar-refractivity contribution is 0.0760. The predicted octanol–water partition coefficient (Wildman–Crippen LogP) is 4.23. The molecule has 2 N–H and O–H groups in total. The molecule has 1 aromatic rings. The van der Waals surface area contributed by atoms with Gasteiger partial charge < -0.3 is 10.6 Å². The number of nitrogens with two attached hydrogens (primary N) is 1. The lowest BCUT2D eigenvalue weighted by Gasteiger charge is -2.21. The molecule has 0 aromatic heterocycles. The van der Waals surface area contributed by atoms with Crippen molar-refractivity contribution < 1.29 is 4.79 Å². The maximum absolute atomic E-state index is 12.5. The first-order valence-electron chi connectivity index (χ1n) is 7.06. The number of halogens is 2. The summed E-state index contributed by atoms with van der Waals surface area (Å²) >= 11 is 11.9. The van der Waals surface area contributed by atoms with E-state index in [-0.39, 0.29) is 5.91 Å². The minimum Gasteiger partial charge on any atom is -0.397 e. The van der Waals surface area contributed by atoms with E-state index in [0.29, 0.717) is 21.3 Å². The van der Waals surface area contributed by atoms with E-state index in [4.69, 9.17) is 28.9 Å². The van der Waals surface area contributed by atoms with Gasteiger partial charge in [0, 0.05) is 18.7 Å². The topological polar surface area (TPSA) is 46.3 Å². The number of anilines is 1. The smallest absolute Gasteiger partial charge is 0.253 e. The molecule has 0 bridgehead atoms. The van der Waals surface area contributed by atoms with Crippen molar-refractivity contribution in [2.75, 3.05) is 18.8 Å². The Hall–Kier alpha value is -0.930. The average molecular weight is 315 g/mol. The molecular weight excluding hydrogens is 295 g/mol. The molecular formula is C15H20Cl2N2O. The lowest BCUT2D eigenvalue weighted by Crippen LogP contribution is -2.32. The Bertz CT molecular complexity index is 482. The largest absolute Gasteiger partial charge is 0.397 e. The van der Waals surface area contributed by atoms with Crippen molar-refractivity contribution in [3.8, 4) is 0 Å². The highest BCUT2D eigenvalue weighted by atomic mass is 35.5. The molecule has 0 saturated carbocycles. The molecule has 1 fully saturated rings. The van der Waals surface area contributed by atoms with E-state index in [2.05, 4.69) is 6.92 Å². The summed E-state index contributed by atoms with van der Waals surface area (Å²) in [4.78, 5) is 14.4. The summed E-state index contributed by atoms with van der Waals surface area (Å²) in [6.07, 6.45) is 4.51. The van der Waals surface area contributed by atoms with Crippen molar-refractivity contribution in [3.63, 3.8) is 0 Å². The second kappa shape index (κ2) is 6.68. The number of hydrogen-bond acceptors (Lipinski definition) is 2. The Morgan fingerprint density at radius 2 is 2.10 bits per heavy atom. The molecule has 5 heteroatoms. The first kappa shape index (κ1) is 15.5. The van der Waals surface area contributed by atoms with Gasteiger partial charge in [0.1, 0.15) is 0 Å². The van der Waals surface area contributed by atoms with Crippen LogP contribution in [-0.4, -0.2) is 23.9 Å². The number of amides is 1. The van der Waals surface area contributed by atoms with Crippen molar-refractivity contribution in [2.24, 2.45) is 5.92 Å². The molecule has 0 radical (unpaired) electrons. The highest BCUT2D eigenvalue weighted by molar-refractivity contribution is 6.43. The van der Waals surface area contributed by atoms with Crippen LogP contribution < -0.4 is 5.73 Å². The summed E-state index contributed by atoms with van der Waals surface area (Å²) in [5, 5.41) is 0.640. The van der Waals surface area contributed by atoms with Crippen LogP contribution in [0.3, 0.4) is 0 Å². The molecule has 1 unspecified atom stereocenters. The summed E-state index contributed by atoms with van der Waals surface area (Å²) < 4.78 is 0. The number of likely N-dealkylation sites (tertiary alicyclic amines) is 1. The van der Waals surface area contributed by atoms with E-state index in [1.807, 2.05) is 4.90 Å². The van der Waals surface area contributed by atoms with E-state index in [1.165, 1.54) is 12.8 Å². The summed E-state index contributed by atoms with van der Waals surface area (Å²) in [7, 11) is 0. The summed E-state index contributed by atoms with van der Waals surface area (Å²) in [6, 6.07) is 3.21. The fourth-order valence-corrected chi connectivity index (χ4v) is 3.03. The molecule has 0 aliphatic carbocycles. The van der Waals surface area contributed by atoms with Crippen LogP contribution in [0.15, 0.2) is 12.1 Å². The van der Waals surface area contributed by atoms with Crippen molar-refractivity contribution in [1.82, 2.24) is 4.90 Å². The van der Waals surface area contributed by atoms with Crippen LogP contribution in [0, 0.1) is 5.92 Å². The van der Waals surface area contributed by atoms with Gasteiger partial charge in [0.25, 0.3) is 5.91 Å². The summed E-state index contributed by atoms with van der Waals surface area (Å²) in [5.74, 6) is 0.721. The van der Waals surface area contributed by atoms with Gasteiger partial charge in [-0.2, -0.15) is 0 Å². The third-order valence-electron chi connectivity index (χ3n) is 4.02. The molecule has 20 heavy (non-hydrogen) atoms. The van der Waals surface area contributed by atoms with E-state index in [9.17, 15) is 4.79 Å². The Kier molecular flexibility index (Phi) is 5.17. The number of hydrogen-bond donors (Lipinski definition) is 1.